The maximum absolute atomic E-state index is 12.3. The van der Waals surface area contributed by atoms with Gasteiger partial charge >= 0.3 is 0 Å². The van der Waals surface area contributed by atoms with Gasteiger partial charge in [-0.15, -0.1) is 0 Å². The average molecular weight is 290 g/mol. The van der Waals surface area contributed by atoms with Crippen LogP contribution in [0.5, 0.6) is 5.75 Å². The minimum absolute atomic E-state index is 0.235. The number of nitrogen functional groups attached to an aromatic ring is 1. The summed E-state index contributed by atoms with van der Waals surface area (Å²) < 4.78 is 32.5. The van der Waals surface area contributed by atoms with E-state index in [-0.39, 0.29) is 4.90 Å². The quantitative estimate of drug-likeness (QED) is 0.847. The molecule has 0 spiro atoms. The second-order valence-electron chi connectivity index (χ2n) is 4.60. The Morgan fingerprint density at radius 2 is 1.85 bits per heavy atom. The van der Waals surface area contributed by atoms with Gasteiger partial charge in [0.15, 0.2) is 0 Å². The van der Waals surface area contributed by atoms with Crippen LogP contribution < -0.4 is 15.2 Å². The van der Waals surface area contributed by atoms with Crippen LogP contribution in [0.1, 0.15) is 5.56 Å². The number of nitrogens with one attached hydrogen (secondary N) is 1. The first kappa shape index (κ1) is 12.8. The molecule has 1 aliphatic rings. The molecule has 2 aromatic rings. The van der Waals surface area contributed by atoms with Crippen molar-refractivity contribution in [1.29, 1.82) is 0 Å². The molecule has 5 nitrogen and oxygen atoms in total. The van der Waals surface area contributed by atoms with Gasteiger partial charge in [0.2, 0.25) is 0 Å². The molecule has 104 valence electrons. The van der Waals surface area contributed by atoms with Crippen molar-refractivity contribution in [2.75, 3.05) is 17.1 Å². The highest BCUT2D eigenvalue weighted by molar-refractivity contribution is 7.92. The van der Waals surface area contributed by atoms with E-state index in [2.05, 4.69) is 4.72 Å². The number of fused-ring (bicyclic) bond motifs is 1. The highest BCUT2D eigenvalue weighted by Gasteiger charge is 2.19. The van der Waals surface area contributed by atoms with Gasteiger partial charge in [-0.2, -0.15) is 0 Å². The SMILES string of the molecule is Nc1ccc(NS(=O)(=O)c2ccc3c(c2)CCO3)cc1. The summed E-state index contributed by atoms with van der Waals surface area (Å²) in [7, 11) is -3.59. The topological polar surface area (TPSA) is 81.4 Å². The zero-order valence-electron chi connectivity index (χ0n) is 10.7. The van der Waals surface area contributed by atoms with Crippen LogP contribution in [-0.2, 0) is 16.4 Å². The van der Waals surface area contributed by atoms with Crippen molar-refractivity contribution in [3.63, 3.8) is 0 Å². The smallest absolute Gasteiger partial charge is 0.261 e. The van der Waals surface area contributed by atoms with Gasteiger partial charge in [-0.25, -0.2) is 8.42 Å². The van der Waals surface area contributed by atoms with Gasteiger partial charge in [-0.05, 0) is 48.0 Å². The van der Waals surface area contributed by atoms with Crippen LogP contribution in [0.25, 0.3) is 0 Å². The standard InChI is InChI=1S/C14H14N2O3S/c15-11-1-3-12(4-2-11)16-20(17,18)13-5-6-14-10(9-13)7-8-19-14/h1-6,9,16H,7-8,15H2. The predicted molar refractivity (Wildman–Crippen MR) is 77.3 cm³/mol. The first-order chi connectivity index (χ1) is 9.54. The largest absolute Gasteiger partial charge is 0.493 e. The molecule has 1 heterocycles. The molecule has 1 aliphatic heterocycles. The Hall–Kier alpha value is -2.21. The Labute approximate surface area is 117 Å². The number of hydrogen-bond donors (Lipinski definition) is 2. The summed E-state index contributed by atoms with van der Waals surface area (Å²) in [6, 6.07) is 11.4. The molecule has 0 saturated heterocycles. The average Bonchev–Trinajstić information content (AvgIpc) is 2.88. The molecule has 6 heteroatoms. The van der Waals surface area contributed by atoms with Crippen LogP contribution in [-0.4, -0.2) is 15.0 Å². The summed E-state index contributed by atoms with van der Waals surface area (Å²) in [5, 5.41) is 0. The van der Waals surface area contributed by atoms with E-state index in [1.54, 1.807) is 42.5 Å². The zero-order chi connectivity index (χ0) is 14.2. The zero-order valence-corrected chi connectivity index (χ0v) is 11.5. The maximum Gasteiger partial charge on any atom is 0.261 e. The molecule has 0 saturated carbocycles. The van der Waals surface area contributed by atoms with Crippen molar-refractivity contribution >= 4 is 21.4 Å². The fraction of sp³-hybridized carbons (Fsp3) is 0.143. The summed E-state index contributed by atoms with van der Waals surface area (Å²) >= 11 is 0. The number of anilines is 2. The van der Waals surface area contributed by atoms with E-state index in [1.165, 1.54) is 0 Å². The predicted octanol–water partition coefficient (Wildman–Crippen LogP) is 2.00. The number of rotatable bonds is 3. The maximum atomic E-state index is 12.3. The lowest BCUT2D eigenvalue weighted by Gasteiger charge is -2.09. The minimum atomic E-state index is -3.59. The van der Waals surface area contributed by atoms with Crippen LogP contribution in [0, 0.1) is 0 Å². The Balaban J connectivity index is 1.90. The van der Waals surface area contributed by atoms with Gasteiger partial charge in [0.25, 0.3) is 10.0 Å². The number of nitrogens with two attached hydrogens (primary N) is 1. The van der Waals surface area contributed by atoms with Gasteiger partial charge in [-0.1, -0.05) is 0 Å². The third-order valence-electron chi connectivity index (χ3n) is 3.13. The second-order valence-corrected chi connectivity index (χ2v) is 6.28. The highest BCUT2D eigenvalue weighted by atomic mass is 32.2. The molecule has 0 bridgehead atoms. The second kappa shape index (κ2) is 4.72. The van der Waals surface area contributed by atoms with E-state index in [0.29, 0.717) is 18.0 Å². The molecule has 0 radical (unpaired) electrons. The molecular formula is C14H14N2O3S. The molecule has 20 heavy (non-hydrogen) atoms. The summed E-state index contributed by atoms with van der Waals surface area (Å²) in [5.41, 5.74) is 7.56. The van der Waals surface area contributed by atoms with Crippen molar-refractivity contribution in [3.05, 3.63) is 48.0 Å². The summed E-state index contributed by atoms with van der Waals surface area (Å²) in [6.45, 7) is 0.601. The van der Waals surface area contributed by atoms with E-state index in [4.69, 9.17) is 10.5 Å². The van der Waals surface area contributed by atoms with Gasteiger partial charge < -0.3 is 10.5 Å². The third kappa shape index (κ3) is 2.42. The normalized spacial score (nSPS) is 13.6. The summed E-state index contributed by atoms with van der Waals surface area (Å²) in [5.74, 6) is 0.761. The van der Waals surface area contributed by atoms with E-state index in [1.807, 2.05) is 0 Å². The molecule has 0 aromatic heterocycles. The van der Waals surface area contributed by atoms with Crippen molar-refractivity contribution in [3.8, 4) is 5.75 Å². The van der Waals surface area contributed by atoms with Crippen LogP contribution in [0.4, 0.5) is 11.4 Å². The molecule has 3 rings (SSSR count). The number of ether oxygens (including phenoxy) is 1. The Morgan fingerprint density at radius 1 is 1.10 bits per heavy atom. The van der Waals surface area contributed by atoms with Crippen LogP contribution in [0.3, 0.4) is 0 Å². The minimum Gasteiger partial charge on any atom is -0.493 e. The molecule has 0 aliphatic carbocycles. The Kier molecular flexibility index (Phi) is 3.02. The van der Waals surface area contributed by atoms with E-state index in [9.17, 15) is 8.42 Å². The van der Waals surface area contributed by atoms with E-state index in [0.717, 1.165) is 17.7 Å². The van der Waals surface area contributed by atoms with Gasteiger partial charge in [-0.3, -0.25) is 4.72 Å². The van der Waals surface area contributed by atoms with E-state index < -0.39 is 10.0 Å². The highest BCUT2D eigenvalue weighted by Crippen LogP contribution is 2.28. The summed E-state index contributed by atoms with van der Waals surface area (Å²) in [4.78, 5) is 0.235. The molecule has 0 atom stereocenters. The molecule has 3 N–H and O–H groups in total. The molecular weight excluding hydrogens is 276 g/mol. The van der Waals surface area contributed by atoms with E-state index >= 15 is 0 Å². The van der Waals surface area contributed by atoms with Gasteiger partial charge in [0, 0.05) is 17.8 Å². The van der Waals surface area contributed by atoms with Crippen molar-refractivity contribution < 1.29 is 13.2 Å². The monoisotopic (exact) mass is 290 g/mol. The van der Waals surface area contributed by atoms with Crippen molar-refractivity contribution in [2.24, 2.45) is 0 Å². The Morgan fingerprint density at radius 3 is 2.60 bits per heavy atom. The van der Waals surface area contributed by atoms with Crippen molar-refractivity contribution in [1.82, 2.24) is 0 Å². The lowest BCUT2D eigenvalue weighted by Crippen LogP contribution is -2.13. The number of hydrogen-bond acceptors (Lipinski definition) is 4. The lowest BCUT2D eigenvalue weighted by atomic mass is 10.2. The van der Waals surface area contributed by atoms with Gasteiger partial charge in [0.1, 0.15) is 5.75 Å². The molecule has 2 aromatic carbocycles. The molecule has 0 amide bonds. The number of benzene rings is 2. The fourth-order valence-electron chi connectivity index (χ4n) is 2.10. The Bertz CT molecular complexity index is 740. The number of sulfonamides is 1. The third-order valence-corrected chi connectivity index (χ3v) is 4.51. The van der Waals surface area contributed by atoms with Gasteiger partial charge in [0.05, 0.1) is 11.5 Å². The molecule has 0 unspecified atom stereocenters. The molecule has 0 fully saturated rings. The van der Waals surface area contributed by atoms with Crippen LogP contribution >= 0.6 is 0 Å². The first-order valence-corrected chi connectivity index (χ1v) is 7.67. The first-order valence-electron chi connectivity index (χ1n) is 6.19. The van der Waals surface area contributed by atoms with Crippen LogP contribution in [0.15, 0.2) is 47.4 Å². The fourth-order valence-corrected chi connectivity index (χ4v) is 3.20. The summed E-state index contributed by atoms with van der Waals surface area (Å²) in [6.07, 6.45) is 0.737. The van der Waals surface area contributed by atoms with Crippen LogP contribution in [0.2, 0.25) is 0 Å². The lowest BCUT2D eigenvalue weighted by molar-refractivity contribution is 0.356. The van der Waals surface area contributed by atoms with Crippen molar-refractivity contribution in [2.45, 2.75) is 11.3 Å².